The van der Waals surface area contributed by atoms with Crippen molar-refractivity contribution < 1.29 is 19.3 Å². The third kappa shape index (κ3) is 3.68. The van der Waals surface area contributed by atoms with Crippen LogP contribution in [-0.2, 0) is 0 Å². The van der Waals surface area contributed by atoms with Gasteiger partial charge in [0, 0.05) is 0 Å². The predicted octanol–water partition coefficient (Wildman–Crippen LogP) is 0.409. The van der Waals surface area contributed by atoms with Crippen LogP contribution in [-0.4, -0.2) is 49.1 Å². The third-order valence-corrected chi connectivity index (χ3v) is 3.47. The number of anilines is 1. The van der Waals surface area contributed by atoms with Gasteiger partial charge in [0.05, 0.1) is 18.5 Å². The molecule has 0 fully saturated rings. The number of rotatable bonds is 6. The van der Waals surface area contributed by atoms with Gasteiger partial charge in [0.1, 0.15) is 0 Å². The monoisotopic (exact) mass is 372 g/mol. The highest BCUT2D eigenvalue weighted by atomic mass is 16.6. The van der Waals surface area contributed by atoms with E-state index in [9.17, 15) is 9.90 Å². The average Bonchev–Trinajstić information content (AvgIpc) is 3.23. The van der Waals surface area contributed by atoms with Gasteiger partial charge in [0.15, 0.2) is 17.2 Å². The molecule has 0 aliphatic heterocycles. The van der Waals surface area contributed by atoms with Gasteiger partial charge in [-0.2, -0.15) is 9.78 Å². The molecule has 12 nitrogen and oxygen atoms in total. The molecule has 1 aromatic carbocycles. The van der Waals surface area contributed by atoms with Gasteiger partial charge in [0.25, 0.3) is 5.91 Å². The molecule has 0 bridgehead atoms. The lowest BCUT2D eigenvalue weighted by Gasteiger charge is -2.05. The molecule has 140 valence electrons. The standard InChI is InChI=1S/C15H16N8O4/c1-3-26-11-6-9(4-5-10(11)24)7-17-19-15(25)12-8(2)23(22-18-12)14-13(16)20-27-21-14/h4-7,24H,3H2,1-2H3,(H2,16,20)(H,19,25)/b17-7-. The number of aromatic nitrogens is 5. The van der Waals surface area contributed by atoms with Crippen LogP contribution in [0.15, 0.2) is 27.9 Å². The summed E-state index contributed by atoms with van der Waals surface area (Å²) in [7, 11) is 0. The number of hydrazone groups is 1. The molecule has 1 amide bonds. The second-order valence-electron chi connectivity index (χ2n) is 5.27. The minimum absolute atomic E-state index is 0.0189. The van der Waals surface area contributed by atoms with E-state index in [4.69, 9.17) is 10.5 Å². The fourth-order valence-corrected chi connectivity index (χ4v) is 2.18. The number of nitrogen functional groups attached to an aromatic ring is 1. The Kier molecular flexibility index (Phi) is 4.97. The lowest BCUT2D eigenvalue weighted by Crippen LogP contribution is -2.19. The summed E-state index contributed by atoms with van der Waals surface area (Å²) < 4.78 is 11.0. The first-order valence-electron chi connectivity index (χ1n) is 7.81. The van der Waals surface area contributed by atoms with E-state index in [1.165, 1.54) is 17.0 Å². The largest absolute Gasteiger partial charge is 0.504 e. The molecule has 2 aromatic heterocycles. The minimum Gasteiger partial charge on any atom is -0.504 e. The van der Waals surface area contributed by atoms with Gasteiger partial charge in [0.2, 0.25) is 11.6 Å². The van der Waals surface area contributed by atoms with E-state index in [-0.39, 0.29) is 23.1 Å². The lowest BCUT2D eigenvalue weighted by atomic mass is 10.2. The Hall–Kier alpha value is -3.96. The summed E-state index contributed by atoms with van der Waals surface area (Å²) in [6.45, 7) is 3.82. The maximum Gasteiger partial charge on any atom is 0.293 e. The van der Waals surface area contributed by atoms with Crippen LogP contribution in [0.5, 0.6) is 11.5 Å². The van der Waals surface area contributed by atoms with E-state index < -0.39 is 5.91 Å². The summed E-state index contributed by atoms with van der Waals surface area (Å²) >= 11 is 0. The van der Waals surface area contributed by atoms with Crippen molar-refractivity contribution in [2.45, 2.75) is 13.8 Å². The first kappa shape index (κ1) is 17.8. The zero-order chi connectivity index (χ0) is 19.4. The number of phenolic OH excluding ortho intramolecular Hbond substituents is 1. The van der Waals surface area contributed by atoms with Crippen LogP contribution in [0.2, 0.25) is 0 Å². The Balaban J connectivity index is 1.72. The van der Waals surface area contributed by atoms with E-state index in [1.54, 1.807) is 26.0 Å². The molecule has 0 aliphatic rings. The number of hydrogen-bond acceptors (Lipinski definition) is 10. The Morgan fingerprint density at radius 2 is 2.30 bits per heavy atom. The molecule has 0 radical (unpaired) electrons. The summed E-state index contributed by atoms with van der Waals surface area (Å²) in [5, 5.41) is 28.2. The third-order valence-electron chi connectivity index (χ3n) is 3.47. The zero-order valence-electron chi connectivity index (χ0n) is 14.4. The second-order valence-corrected chi connectivity index (χ2v) is 5.27. The number of hydrogen-bond donors (Lipinski definition) is 3. The lowest BCUT2D eigenvalue weighted by molar-refractivity contribution is 0.0949. The molecular weight excluding hydrogens is 356 g/mol. The molecule has 0 aliphatic carbocycles. The smallest absolute Gasteiger partial charge is 0.293 e. The fraction of sp³-hybridized carbons (Fsp3) is 0.200. The molecule has 2 heterocycles. The summed E-state index contributed by atoms with van der Waals surface area (Å²) in [6, 6.07) is 4.69. The van der Waals surface area contributed by atoms with Gasteiger partial charge in [-0.3, -0.25) is 4.79 Å². The molecule has 0 atom stereocenters. The molecular formula is C15H16N8O4. The minimum atomic E-state index is -0.575. The van der Waals surface area contributed by atoms with Gasteiger partial charge in [-0.1, -0.05) is 5.21 Å². The number of ether oxygens (including phenoxy) is 1. The molecule has 3 rings (SSSR count). The zero-order valence-corrected chi connectivity index (χ0v) is 14.4. The van der Waals surface area contributed by atoms with Gasteiger partial charge in [-0.25, -0.2) is 10.1 Å². The molecule has 0 saturated heterocycles. The van der Waals surface area contributed by atoms with Gasteiger partial charge in [-0.15, -0.1) is 5.10 Å². The first-order chi connectivity index (χ1) is 13.0. The van der Waals surface area contributed by atoms with E-state index >= 15 is 0 Å². The topological polar surface area (TPSA) is 167 Å². The number of nitrogens with zero attached hydrogens (tertiary/aromatic N) is 6. The van der Waals surface area contributed by atoms with Crippen molar-refractivity contribution in [3.63, 3.8) is 0 Å². The van der Waals surface area contributed by atoms with E-state index in [0.29, 0.717) is 23.6 Å². The van der Waals surface area contributed by atoms with Crippen molar-refractivity contribution in [2.24, 2.45) is 5.10 Å². The molecule has 4 N–H and O–H groups in total. The maximum atomic E-state index is 12.3. The number of amides is 1. The van der Waals surface area contributed by atoms with Crippen molar-refractivity contribution in [3.05, 3.63) is 35.2 Å². The number of nitrogens with one attached hydrogen (secondary N) is 1. The van der Waals surface area contributed by atoms with Crippen LogP contribution in [0, 0.1) is 6.92 Å². The summed E-state index contributed by atoms with van der Waals surface area (Å²) in [4.78, 5) is 12.3. The highest BCUT2D eigenvalue weighted by Crippen LogP contribution is 2.26. The number of phenols is 1. The Morgan fingerprint density at radius 1 is 1.48 bits per heavy atom. The van der Waals surface area contributed by atoms with Gasteiger partial charge in [-0.05, 0) is 47.9 Å². The Morgan fingerprint density at radius 3 is 3.00 bits per heavy atom. The average molecular weight is 372 g/mol. The Bertz CT molecular complexity index is 994. The Labute approximate surface area is 152 Å². The molecule has 12 heteroatoms. The van der Waals surface area contributed by atoms with Crippen molar-refractivity contribution >= 4 is 17.9 Å². The van der Waals surface area contributed by atoms with Gasteiger partial charge < -0.3 is 15.6 Å². The predicted molar refractivity (Wildman–Crippen MR) is 92.7 cm³/mol. The van der Waals surface area contributed by atoms with Crippen LogP contribution in [0.1, 0.15) is 28.7 Å². The number of aromatic hydroxyl groups is 1. The van der Waals surface area contributed by atoms with Crippen LogP contribution < -0.4 is 15.9 Å². The van der Waals surface area contributed by atoms with Crippen LogP contribution in [0.3, 0.4) is 0 Å². The summed E-state index contributed by atoms with van der Waals surface area (Å²) in [6.07, 6.45) is 1.40. The number of carbonyl (C=O) groups excluding carboxylic acids is 1. The van der Waals surface area contributed by atoms with Crippen molar-refractivity contribution in [1.82, 2.24) is 30.7 Å². The number of benzene rings is 1. The maximum absolute atomic E-state index is 12.3. The number of carbonyl (C=O) groups is 1. The SMILES string of the molecule is CCOc1cc(/C=N\NC(=O)c2nnn(-c3nonc3N)c2C)ccc1O. The van der Waals surface area contributed by atoms with Crippen LogP contribution >= 0.6 is 0 Å². The molecule has 3 aromatic rings. The molecule has 0 spiro atoms. The molecule has 0 unspecified atom stereocenters. The first-order valence-corrected chi connectivity index (χ1v) is 7.81. The van der Waals surface area contributed by atoms with Crippen LogP contribution in [0.25, 0.3) is 5.82 Å². The normalized spacial score (nSPS) is 11.0. The summed E-state index contributed by atoms with van der Waals surface area (Å²) in [5.41, 5.74) is 9.00. The van der Waals surface area contributed by atoms with Gasteiger partial charge >= 0.3 is 0 Å². The summed E-state index contributed by atoms with van der Waals surface area (Å²) in [5.74, 6) is -0.0772. The fourth-order valence-electron chi connectivity index (χ4n) is 2.18. The second kappa shape index (κ2) is 7.51. The highest BCUT2D eigenvalue weighted by Gasteiger charge is 2.20. The van der Waals surface area contributed by atoms with E-state index in [2.05, 4.69) is 35.8 Å². The number of nitrogens with two attached hydrogens (primary N) is 1. The molecule has 27 heavy (non-hydrogen) atoms. The van der Waals surface area contributed by atoms with Crippen LogP contribution in [0.4, 0.5) is 5.82 Å². The molecule has 0 saturated carbocycles. The van der Waals surface area contributed by atoms with Crippen molar-refractivity contribution in [2.75, 3.05) is 12.3 Å². The van der Waals surface area contributed by atoms with Crippen molar-refractivity contribution in [1.29, 1.82) is 0 Å². The highest BCUT2D eigenvalue weighted by molar-refractivity contribution is 5.94. The van der Waals surface area contributed by atoms with Crippen molar-refractivity contribution in [3.8, 4) is 17.3 Å². The van der Waals surface area contributed by atoms with E-state index in [0.717, 1.165) is 0 Å². The quantitative estimate of drug-likeness (QED) is 0.410. The van der Waals surface area contributed by atoms with E-state index in [1.807, 2.05) is 0 Å².